The Morgan fingerprint density at radius 3 is 2.52 bits per heavy atom. The van der Waals surface area contributed by atoms with Gasteiger partial charge in [-0.05, 0) is 18.2 Å². The van der Waals surface area contributed by atoms with Gasteiger partial charge < -0.3 is 10.3 Å². The summed E-state index contributed by atoms with van der Waals surface area (Å²) in [5.41, 5.74) is -4.35. The zero-order chi connectivity index (χ0) is 24.1. The molecule has 0 spiro atoms. The van der Waals surface area contributed by atoms with Crippen molar-refractivity contribution in [2.75, 3.05) is 5.32 Å². The van der Waals surface area contributed by atoms with E-state index in [4.69, 9.17) is 0 Å². The zero-order valence-corrected chi connectivity index (χ0v) is 17.1. The van der Waals surface area contributed by atoms with Gasteiger partial charge in [0.1, 0.15) is 22.6 Å². The van der Waals surface area contributed by atoms with E-state index < -0.39 is 51.5 Å². The van der Waals surface area contributed by atoms with Crippen LogP contribution in [-0.4, -0.2) is 25.7 Å². The summed E-state index contributed by atoms with van der Waals surface area (Å²) in [6.07, 6.45) is -9.09. The van der Waals surface area contributed by atoms with Gasteiger partial charge in [0.25, 0.3) is 5.91 Å². The molecule has 3 aromatic heterocycles. The minimum absolute atomic E-state index is 0.0268. The molecular formula is C19H11F6N5O2S. The molecule has 33 heavy (non-hydrogen) atoms. The molecule has 0 aliphatic carbocycles. The van der Waals surface area contributed by atoms with E-state index in [1.807, 2.05) is 5.32 Å². The topological polar surface area (TPSA) is 92.7 Å². The van der Waals surface area contributed by atoms with Crippen molar-refractivity contribution in [2.24, 2.45) is 7.05 Å². The van der Waals surface area contributed by atoms with E-state index in [-0.39, 0.29) is 10.3 Å². The first-order valence-electron chi connectivity index (χ1n) is 8.97. The molecule has 0 atom stereocenters. The Labute approximate surface area is 183 Å². The number of hydrogen-bond donors (Lipinski definition) is 2. The third-order valence-corrected chi connectivity index (χ3v) is 5.49. The number of alkyl halides is 6. The summed E-state index contributed by atoms with van der Waals surface area (Å²) in [6, 6.07) is 5.76. The van der Waals surface area contributed by atoms with Gasteiger partial charge in [0, 0.05) is 24.5 Å². The molecule has 0 unspecified atom stereocenters. The maximum atomic E-state index is 14.1. The first-order valence-corrected chi connectivity index (χ1v) is 9.79. The Kier molecular flexibility index (Phi) is 5.27. The number of rotatable bonds is 3. The smallest absolute Gasteiger partial charge is 0.321 e. The number of carbonyl (C=O) groups excluding carboxylic acids is 1. The number of thiazole rings is 1. The first-order chi connectivity index (χ1) is 15.4. The minimum Gasteiger partial charge on any atom is -0.321 e. The van der Waals surface area contributed by atoms with Crippen molar-refractivity contribution in [3.8, 4) is 11.3 Å². The predicted octanol–water partition coefficient (Wildman–Crippen LogP) is 4.68. The molecule has 0 aliphatic rings. The number of aryl methyl sites for hydroxylation is 1. The molecular weight excluding hydrogens is 476 g/mol. The Balaban J connectivity index is 1.84. The highest BCUT2D eigenvalue weighted by Crippen LogP contribution is 2.41. The predicted molar refractivity (Wildman–Crippen MR) is 107 cm³/mol. The summed E-state index contributed by atoms with van der Waals surface area (Å²) in [5.74, 6) is -1.32. The lowest BCUT2D eigenvalue weighted by Gasteiger charge is -2.12. The van der Waals surface area contributed by atoms with Crippen LogP contribution in [0, 0.1) is 0 Å². The molecule has 0 saturated heterocycles. The summed E-state index contributed by atoms with van der Waals surface area (Å²) < 4.78 is 81.7. The van der Waals surface area contributed by atoms with Gasteiger partial charge in [-0.1, -0.05) is 23.5 Å². The van der Waals surface area contributed by atoms with Crippen LogP contribution in [0.4, 0.5) is 32.0 Å². The number of fused-ring (bicyclic) bond motifs is 1. The molecule has 172 valence electrons. The monoisotopic (exact) mass is 487 g/mol. The van der Waals surface area contributed by atoms with Crippen molar-refractivity contribution in [1.82, 2.24) is 19.7 Å². The van der Waals surface area contributed by atoms with Crippen LogP contribution in [0.25, 0.3) is 21.5 Å². The molecule has 0 aliphatic heterocycles. The van der Waals surface area contributed by atoms with Gasteiger partial charge >= 0.3 is 17.2 Å². The molecule has 2 N–H and O–H groups in total. The van der Waals surface area contributed by atoms with E-state index in [0.717, 1.165) is 19.3 Å². The fourth-order valence-corrected chi connectivity index (χ4v) is 4.11. The average molecular weight is 487 g/mol. The molecule has 14 heteroatoms. The number of aromatic amines is 1. The van der Waals surface area contributed by atoms with Gasteiger partial charge in [-0.25, -0.2) is 0 Å². The third kappa shape index (κ3) is 4.20. The molecule has 0 saturated carbocycles. The van der Waals surface area contributed by atoms with Crippen molar-refractivity contribution < 1.29 is 31.1 Å². The van der Waals surface area contributed by atoms with E-state index >= 15 is 0 Å². The van der Waals surface area contributed by atoms with E-state index in [1.54, 1.807) is 0 Å². The molecule has 4 rings (SSSR count). The third-order valence-electron chi connectivity index (χ3n) is 4.56. The fraction of sp³-hybridized carbons (Fsp3) is 0.158. The Hall–Kier alpha value is -3.68. The number of aromatic nitrogens is 4. The van der Waals surface area contributed by atoms with E-state index in [2.05, 4.69) is 15.1 Å². The summed E-state index contributed by atoms with van der Waals surface area (Å²) in [5, 5.41) is 5.90. The number of H-pyrrole nitrogens is 1. The van der Waals surface area contributed by atoms with Gasteiger partial charge in [-0.15, -0.1) is 0 Å². The lowest BCUT2D eigenvalue weighted by molar-refractivity contribution is -0.141. The SMILES string of the molecule is Cn1nc(-c2cccc3[nH]c(=O)sc23)c(C(F)(F)F)c1C(=O)Nc1ccnc(C(F)(F)F)c1. The number of anilines is 1. The summed E-state index contributed by atoms with van der Waals surface area (Å²) in [6.45, 7) is 0. The standard InChI is InChI=1S/C19H11F6N5O2S/c1-30-14(16(31)27-8-5-6-26-11(7-8)18(20,21)22)12(19(23,24)25)13(29-30)9-3-2-4-10-15(9)33-17(32)28-10/h2-7H,1H3,(H,28,32)(H,26,27,31). The van der Waals surface area contributed by atoms with Crippen LogP contribution < -0.4 is 10.2 Å². The van der Waals surface area contributed by atoms with Crippen molar-refractivity contribution in [2.45, 2.75) is 12.4 Å². The Bertz CT molecular complexity index is 1430. The minimum atomic E-state index is -5.05. The molecule has 4 aromatic rings. The molecule has 7 nitrogen and oxygen atoms in total. The normalized spacial score (nSPS) is 12.3. The number of amides is 1. The molecule has 1 aromatic carbocycles. The lowest BCUT2D eigenvalue weighted by atomic mass is 10.0. The summed E-state index contributed by atoms with van der Waals surface area (Å²) in [7, 11) is 1.10. The number of benzene rings is 1. The number of nitrogens with one attached hydrogen (secondary N) is 2. The van der Waals surface area contributed by atoms with Gasteiger partial charge in [-0.2, -0.15) is 31.4 Å². The second kappa shape index (κ2) is 7.72. The van der Waals surface area contributed by atoms with Crippen LogP contribution in [0.2, 0.25) is 0 Å². The maximum Gasteiger partial charge on any atom is 0.433 e. The van der Waals surface area contributed by atoms with Crippen molar-refractivity contribution >= 4 is 33.1 Å². The Morgan fingerprint density at radius 2 is 1.85 bits per heavy atom. The number of nitrogens with zero attached hydrogens (tertiary/aromatic N) is 3. The number of halogens is 6. The molecule has 0 fully saturated rings. The number of carbonyl (C=O) groups is 1. The number of hydrogen-bond acceptors (Lipinski definition) is 5. The summed E-state index contributed by atoms with van der Waals surface area (Å²) >= 11 is 0.681. The van der Waals surface area contributed by atoms with E-state index in [1.165, 1.54) is 18.2 Å². The van der Waals surface area contributed by atoms with Gasteiger partial charge in [0.05, 0.1) is 10.2 Å². The molecule has 1 amide bonds. The van der Waals surface area contributed by atoms with Crippen LogP contribution in [0.15, 0.2) is 41.3 Å². The van der Waals surface area contributed by atoms with Gasteiger partial charge in [0.15, 0.2) is 0 Å². The zero-order valence-electron chi connectivity index (χ0n) is 16.3. The van der Waals surface area contributed by atoms with Crippen molar-refractivity contribution in [1.29, 1.82) is 0 Å². The lowest BCUT2D eigenvalue weighted by Crippen LogP contribution is -2.21. The van der Waals surface area contributed by atoms with Crippen LogP contribution in [0.3, 0.4) is 0 Å². The fourth-order valence-electron chi connectivity index (χ4n) is 3.26. The van der Waals surface area contributed by atoms with E-state index in [9.17, 15) is 35.9 Å². The number of pyridine rings is 1. The van der Waals surface area contributed by atoms with Crippen LogP contribution >= 0.6 is 11.3 Å². The van der Waals surface area contributed by atoms with Gasteiger partial charge in [-0.3, -0.25) is 19.3 Å². The highest BCUT2D eigenvalue weighted by Gasteiger charge is 2.42. The van der Waals surface area contributed by atoms with Crippen molar-refractivity contribution in [3.63, 3.8) is 0 Å². The van der Waals surface area contributed by atoms with Crippen LogP contribution in [0.1, 0.15) is 21.7 Å². The maximum absolute atomic E-state index is 14.1. The molecule has 0 radical (unpaired) electrons. The van der Waals surface area contributed by atoms with Crippen LogP contribution in [-0.2, 0) is 19.4 Å². The van der Waals surface area contributed by atoms with Gasteiger partial charge in [0.2, 0.25) is 0 Å². The highest BCUT2D eigenvalue weighted by molar-refractivity contribution is 7.17. The Morgan fingerprint density at radius 1 is 1.12 bits per heavy atom. The molecule has 3 heterocycles. The van der Waals surface area contributed by atoms with E-state index in [0.29, 0.717) is 27.6 Å². The average Bonchev–Trinajstić information content (AvgIpc) is 3.26. The molecule has 0 bridgehead atoms. The largest absolute Gasteiger partial charge is 0.433 e. The quantitative estimate of drug-likeness (QED) is 0.411. The second-order valence-electron chi connectivity index (χ2n) is 6.77. The van der Waals surface area contributed by atoms with Crippen LogP contribution in [0.5, 0.6) is 0 Å². The second-order valence-corrected chi connectivity index (χ2v) is 7.76. The van der Waals surface area contributed by atoms with Crippen molar-refractivity contribution in [3.05, 3.63) is 63.1 Å². The highest BCUT2D eigenvalue weighted by atomic mass is 32.1. The summed E-state index contributed by atoms with van der Waals surface area (Å²) in [4.78, 5) is 29.6. The first kappa shape index (κ1) is 22.5.